The number of pyridine rings is 1. The number of benzene rings is 1. The van der Waals surface area contributed by atoms with Crippen LogP contribution in [0.15, 0.2) is 36.5 Å². The summed E-state index contributed by atoms with van der Waals surface area (Å²) >= 11 is 0. The van der Waals surface area contributed by atoms with E-state index >= 15 is 0 Å². The Balaban J connectivity index is 1.77. The van der Waals surface area contributed by atoms with E-state index in [0.29, 0.717) is 5.92 Å². The topological polar surface area (TPSA) is 57.0 Å². The number of amides is 1. The highest BCUT2D eigenvalue weighted by Crippen LogP contribution is 2.32. The first kappa shape index (κ1) is 13.6. The van der Waals surface area contributed by atoms with Gasteiger partial charge in [-0.2, -0.15) is 5.26 Å². The summed E-state index contributed by atoms with van der Waals surface area (Å²) in [5.74, 6) is 0.416. The SMILES string of the molecule is N#CCC(=O)N1CCC(c2ccnc3ccccc23)CC1. The summed E-state index contributed by atoms with van der Waals surface area (Å²) in [7, 11) is 0. The molecule has 2 aromatic rings. The van der Waals surface area contributed by atoms with Crippen LogP contribution >= 0.6 is 0 Å². The number of piperidine rings is 1. The summed E-state index contributed by atoms with van der Waals surface area (Å²) in [5.41, 5.74) is 2.35. The Hall–Kier alpha value is -2.41. The van der Waals surface area contributed by atoms with Gasteiger partial charge in [-0.05, 0) is 36.5 Å². The summed E-state index contributed by atoms with van der Waals surface area (Å²) in [4.78, 5) is 18.0. The molecule has 1 amide bonds. The van der Waals surface area contributed by atoms with Crippen molar-refractivity contribution in [3.63, 3.8) is 0 Å². The quantitative estimate of drug-likeness (QED) is 0.849. The van der Waals surface area contributed by atoms with Crippen molar-refractivity contribution in [2.75, 3.05) is 13.1 Å². The van der Waals surface area contributed by atoms with Crippen LogP contribution in [0.2, 0.25) is 0 Å². The van der Waals surface area contributed by atoms with Crippen molar-refractivity contribution in [3.8, 4) is 6.07 Å². The maximum atomic E-state index is 11.7. The number of rotatable bonds is 2. The maximum absolute atomic E-state index is 11.7. The zero-order chi connectivity index (χ0) is 14.7. The van der Waals surface area contributed by atoms with E-state index in [0.717, 1.165) is 31.4 Å². The van der Waals surface area contributed by atoms with E-state index in [-0.39, 0.29) is 12.3 Å². The molecular weight excluding hydrogens is 262 g/mol. The van der Waals surface area contributed by atoms with E-state index in [1.54, 1.807) is 0 Å². The van der Waals surface area contributed by atoms with Crippen LogP contribution in [0, 0.1) is 11.3 Å². The van der Waals surface area contributed by atoms with Crippen LogP contribution in [0.25, 0.3) is 10.9 Å². The molecule has 0 saturated carbocycles. The number of carbonyl (C=O) groups is 1. The fourth-order valence-corrected chi connectivity index (χ4v) is 3.09. The molecule has 0 N–H and O–H groups in total. The second-order valence-electron chi connectivity index (χ2n) is 5.41. The Morgan fingerprint density at radius 2 is 2.05 bits per heavy atom. The van der Waals surface area contributed by atoms with E-state index in [1.807, 2.05) is 35.4 Å². The number of hydrogen-bond acceptors (Lipinski definition) is 3. The van der Waals surface area contributed by atoms with Crippen molar-refractivity contribution in [3.05, 3.63) is 42.1 Å². The molecule has 1 aromatic carbocycles. The molecule has 4 nitrogen and oxygen atoms in total. The summed E-state index contributed by atoms with van der Waals surface area (Å²) < 4.78 is 0. The van der Waals surface area contributed by atoms with Crippen molar-refractivity contribution in [1.29, 1.82) is 5.26 Å². The molecule has 0 aliphatic carbocycles. The van der Waals surface area contributed by atoms with Gasteiger partial charge >= 0.3 is 0 Å². The van der Waals surface area contributed by atoms with Gasteiger partial charge in [0.1, 0.15) is 6.42 Å². The molecule has 1 saturated heterocycles. The number of nitriles is 1. The van der Waals surface area contributed by atoms with Crippen molar-refractivity contribution < 1.29 is 4.79 Å². The molecule has 2 heterocycles. The molecule has 1 aromatic heterocycles. The van der Waals surface area contributed by atoms with E-state index in [4.69, 9.17) is 5.26 Å². The van der Waals surface area contributed by atoms with Gasteiger partial charge in [0.05, 0.1) is 11.6 Å². The second kappa shape index (κ2) is 5.92. The lowest BCUT2D eigenvalue weighted by Gasteiger charge is -2.32. The molecule has 3 rings (SSSR count). The summed E-state index contributed by atoms with van der Waals surface area (Å²) in [6, 6.07) is 12.2. The highest BCUT2D eigenvalue weighted by Gasteiger charge is 2.24. The van der Waals surface area contributed by atoms with E-state index in [1.165, 1.54) is 10.9 Å². The molecule has 4 heteroatoms. The zero-order valence-electron chi connectivity index (χ0n) is 11.8. The molecule has 1 aliphatic rings. The number of hydrogen-bond donors (Lipinski definition) is 0. The normalized spacial score (nSPS) is 15.9. The van der Waals surface area contributed by atoms with Gasteiger partial charge in [0, 0.05) is 24.7 Å². The fraction of sp³-hybridized carbons (Fsp3) is 0.353. The Morgan fingerprint density at radius 1 is 1.29 bits per heavy atom. The smallest absolute Gasteiger partial charge is 0.236 e. The lowest BCUT2D eigenvalue weighted by atomic mass is 9.87. The molecule has 1 fully saturated rings. The average molecular weight is 279 g/mol. The third kappa shape index (κ3) is 2.73. The monoisotopic (exact) mass is 279 g/mol. The van der Waals surface area contributed by atoms with Gasteiger partial charge in [-0.25, -0.2) is 0 Å². The Morgan fingerprint density at radius 3 is 2.81 bits per heavy atom. The summed E-state index contributed by atoms with van der Waals surface area (Å²) in [5, 5.41) is 9.82. The number of carbonyl (C=O) groups excluding carboxylic acids is 1. The molecule has 21 heavy (non-hydrogen) atoms. The molecule has 1 aliphatic heterocycles. The fourth-order valence-electron chi connectivity index (χ4n) is 3.09. The predicted octanol–water partition coefficient (Wildman–Crippen LogP) is 2.85. The van der Waals surface area contributed by atoms with Gasteiger partial charge in [0.25, 0.3) is 0 Å². The van der Waals surface area contributed by atoms with Crippen molar-refractivity contribution >= 4 is 16.8 Å². The predicted molar refractivity (Wildman–Crippen MR) is 80.5 cm³/mol. The molecule has 0 radical (unpaired) electrons. The minimum absolute atomic E-state index is 0.0111. The van der Waals surface area contributed by atoms with Gasteiger partial charge in [-0.3, -0.25) is 9.78 Å². The van der Waals surface area contributed by atoms with Crippen LogP contribution < -0.4 is 0 Å². The number of fused-ring (bicyclic) bond motifs is 1. The summed E-state index contributed by atoms with van der Waals surface area (Å²) in [6.45, 7) is 1.48. The summed E-state index contributed by atoms with van der Waals surface area (Å²) in [6.07, 6.45) is 3.75. The van der Waals surface area contributed by atoms with E-state index < -0.39 is 0 Å². The lowest BCUT2D eigenvalue weighted by Crippen LogP contribution is -2.37. The average Bonchev–Trinajstić information content (AvgIpc) is 2.55. The minimum atomic E-state index is -0.0458. The Labute approximate surface area is 124 Å². The van der Waals surface area contributed by atoms with E-state index in [9.17, 15) is 4.79 Å². The first-order chi connectivity index (χ1) is 10.3. The first-order valence-corrected chi connectivity index (χ1v) is 7.28. The van der Waals surface area contributed by atoms with Crippen LogP contribution in [0.4, 0.5) is 0 Å². The third-order valence-electron chi connectivity index (χ3n) is 4.20. The Bertz CT molecular complexity index is 691. The number of likely N-dealkylation sites (tertiary alicyclic amines) is 1. The first-order valence-electron chi connectivity index (χ1n) is 7.28. The van der Waals surface area contributed by atoms with Crippen molar-refractivity contribution in [2.24, 2.45) is 0 Å². The molecule has 106 valence electrons. The largest absolute Gasteiger partial charge is 0.342 e. The van der Waals surface area contributed by atoms with Crippen LogP contribution in [0.5, 0.6) is 0 Å². The number of aromatic nitrogens is 1. The third-order valence-corrected chi connectivity index (χ3v) is 4.20. The molecule has 0 atom stereocenters. The van der Waals surface area contributed by atoms with Crippen LogP contribution in [0.1, 0.15) is 30.7 Å². The number of para-hydroxylation sites is 1. The minimum Gasteiger partial charge on any atom is -0.342 e. The molecule has 0 spiro atoms. The van der Waals surface area contributed by atoms with Crippen LogP contribution in [-0.2, 0) is 4.79 Å². The maximum Gasteiger partial charge on any atom is 0.236 e. The van der Waals surface area contributed by atoms with Crippen molar-refractivity contribution in [2.45, 2.75) is 25.2 Å². The highest BCUT2D eigenvalue weighted by atomic mass is 16.2. The van der Waals surface area contributed by atoms with Gasteiger partial charge in [0.15, 0.2) is 0 Å². The van der Waals surface area contributed by atoms with Crippen LogP contribution in [0.3, 0.4) is 0 Å². The van der Waals surface area contributed by atoms with E-state index in [2.05, 4.69) is 17.1 Å². The van der Waals surface area contributed by atoms with Crippen LogP contribution in [-0.4, -0.2) is 28.9 Å². The van der Waals surface area contributed by atoms with Crippen molar-refractivity contribution in [1.82, 2.24) is 9.88 Å². The highest BCUT2D eigenvalue weighted by molar-refractivity contribution is 5.82. The second-order valence-corrected chi connectivity index (χ2v) is 5.41. The van der Waals surface area contributed by atoms with Gasteiger partial charge in [0.2, 0.25) is 5.91 Å². The lowest BCUT2D eigenvalue weighted by molar-refractivity contribution is -0.131. The van der Waals surface area contributed by atoms with Gasteiger partial charge in [-0.1, -0.05) is 18.2 Å². The van der Waals surface area contributed by atoms with Gasteiger partial charge < -0.3 is 4.90 Å². The molecule has 0 unspecified atom stereocenters. The molecule has 0 bridgehead atoms. The number of nitrogens with zero attached hydrogens (tertiary/aromatic N) is 3. The standard InChI is InChI=1S/C17H17N3O/c18-9-5-17(21)20-11-7-13(8-12-20)14-6-10-19-16-4-2-1-3-15(14)16/h1-4,6,10,13H,5,7-8,11-12H2. The van der Waals surface area contributed by atoms with Gasteiger partial charge in [-0.15, -0.1) is 0 Å². The Kier molecular flexibility index (Phi) is 3.83. The molecular formula is C17H17N3O. The zero-order valence-corrected chi connectivity index (χ0v) is 11.8.